The Hall–Kier alpha value is -1.32. The van der Waals surface area contributed by atoms with Crippen LogP contribution in [0, 0.1) is 5.92 Å². The van der Waals surface area contributed by atoms with Gasteiger partial charge in [-0.2, -0.15) is 0 Å². The third-order valence-electron chi connectivity index (χ3n) is 4.70. The average Bonchev–Trinajstić information content (AvgIpc) is 3.23. The molecule has 1 heterocycles. The van der Waals surface area contributed by atoms with E-state index in [-0.39, 0.29) is 17.9 Å². The summed E-state index contributed by atoms with van der Waals surface area (Å²) in [4.78, 5) is 27.2. The molecule has 0 aromatic rings. The molecule has 1 N–H and O–H groups in total. The van der Waals surface area contributed by atoms with Gasteiger partial charge in [-0.3, -0.25) is 9.59 Å². The molecule has 2 rings (SSSR count). The van der Waals surface area contributed by atoms with Crippen LogP contribution in [-0.2, 0) is 9.59 Å². The van der Waals surface area contributed by atoms with Gasteiger partial charge in [-0.1, -0.05) is 25.5 Å². The van der Waals surface area contributed by atoms with Gasteiger partial charge >= 0.3 is 0 Å². The highest BCUT2D eigenvalue weighted by Crippen LogP contribution is 2.38. The van der Waals surface area contributed by atoms with E-state index in [2.05, 4.69) is 5.32 Å². The summed E-state index contributed by atoms with van der Waals surface area (Å²) in [5, 5.41) is 2.99. The summed E-state index contributed by atoms with van der Waals surface area (Å²) >= 11 is 0. The molecule has 4 nitrogen and oxygen atoms in total. The Kier molecular flexibility index (Phi) is 4.21. The molecule has 1 unspecified atom stereocenters. The van der Waals surface area contributed by atoms with Crippen LogP contribution in [0.1, 0.15) is 53.4 Å². The third kappa shape index (κ3) is 2.48. The van der Waals surface area contributed by atoms with E-state index in [1.54, 1.807) is 0 Å². The number of carbonyl (C=O) groups excluding carboxylic acids is 2. The minimum Gasteiger partial charge on any atom is -0.342 e. The smallest absolute Gasteiger partial charge is 0.246 e. The Morgan fingerprint density at radius 1 is 1.30 bits per heavy atom. The Labute approximate surface area is 121 Å². The molecule has 0 radical (unpaired) electrons. The van der Waals surface area contributed by atoms with Crippen molar-refractivity contribution in [3.8, 4) is 0 Å². The molecular formula is C16H26N2O2. The summed E-state index contributed by atoms with van der Waals surface area (Å²) in [6.07, 6.45) is 5.47. The van der Waals surface area contributed by atoms with Crippen molar-refractivity contribution in [3.63, 3.8) is 0 Å². The first-order chi connectivity index (χ1) is 9.46. The highest BCUT2D eigenvalue weighted by atomic mass is 16.2. The normalized spacial score (nSPS) is 25.4. The molecule has 1 saturated carbocycles. The van der Waals surface area contributed by atoms with E-state index in [9.17, 15) is 9.59 Å². The molecule has 1 atom stereocenters. The van der Waals surface area contributed by atoms with Crippen molar-refractivity contribution >= 4 is 11.8 Å². The van der Waals surface area contributed by atoms with Gasteiger partial charge in [-0.05, 0) is 45.4 Å². The van der Waals surface area contributed by atoms with Gasteiger partial charge in [-0.25, -0.2) is 0 Å². The molecule has 0 bridgehead atoms. The summed E-state index contributed by atoms with van der Waals surface area (Å²) in [7, 11) is 0. The third-order valence-corrected chi connectivity index (χ3v) is 4.70. The summed E-state index contributed by atoms with van der Waals surface area (Å²) in [5.74, 6) is 0.488. The van der Waals surface area contributed by atoms with Crippen LogP contribution in [0.2, 0.25) is 0 Å². The SMILES string of the molecule is CCC1(CC)C(=O)NC(C2CC2)C(=O)N1CC=C(C)C. The molecule has 1 aliphatic carbocycles. The Bertz CT molecular complexity index is 430. The Morgan fingerprint density at radius 2 is 1.90 bits per heavy atom. The lowest BCUT2D eigenvalue weighted by Gasteiger charge is -2.47. The van der Waals surface area contributed by atoms with Gasteiger partial charge in [-0.15, -0.1) is 0 Å². The van der Waals surface area contributed by atoms with Crippen LogP contribution in [-0.4, -0.2) is 34.8 Å². The van der Waals surface area contributed by atoms with Gasteiger partial charge < -0.3 is 10.2 Å². The van der Waals surface area contributed by atoms with Gasteiger partial charge in [0, 0.05) is 6.54 Å². The summed E-state index contributed by atoms with van der Waals surface area (Å²) in [6.45, 7) is 8.56. The molecule has 0 aromatic carbocycles. The number of hydrogen-bond acceptors (Lipinski definition) is 2. The van der Waals surface area contributed by atoms with Crippen LogP contribution < -0.4 is 5.32 Å². The molecule has 0 spiro atoms. The quantitative estimate of drug-likeness (QED) is 0.784. The maximum atomic E-state index is 12.8. The zero-order valence-electron chi connectivity index (χ0n) is 13.0. The Morgan fingerprint density at radius 3 is 2.35 bits per heavy atom. The predicted molar refractivity (Wildman–Crippen MR) is 79.1 cm³/mol. The van der Waals surface area contributed by atoms with E-state index >= 15 is 0 Å². The van der Waals surface area contributed by atoms with Crippen molar-refractivity contribution < 1.29 is 9.59 Å². The Balaban J connectivity index is 2.32. The van der Waals surface area contributed by atoms with Crippen molar-refractivity contribution in [1.29, 1.82) is 0 Å². The summed E-state index contributed by atoms with van der Waals surface area (Å²) in [5.41, 5.74) is 0.502. The van der Waals surface area contributed by atoms with Crippen LogP contribution in [0.25, 0.3) is 0 Å². The van der Waals surface area contributed by atoms with Crippen molar-refractivity contribution in [2.24, 2.45) is 5.92 Å². The number of nitrogens with one attached hydrogen (secondary N) is 1. The zero-order chi connectivity index (χ0) is 14.9. The standard InChI is InChI=1S/C16H26N2O2/c1-5-16(6-2)15(20)17-13(12-7-8-12)14(19)18(16)10-9-11(3)4/h9,12-13H,5-8,10H2,1-4H3,(H,17,20). The van der Waals surface area contributed by atoms with Crippen molar-refractivity contribution in [2.75, 3.05) is 6.54 Å². The fraction of sp³-hybridized carbons (Fsp3) is 0.750. The van der Waals surface area contributed by atoms with Crippen LogP contribution in [0.5, 0.6) is 0 Å². The molecule has 2 amide bonds. The molecule has 2 fully saturated rings. The highest BCUT2D eigenvalue weighted by Gasteiger charge is 2.53. The van der Waals surface area contributed by atoms with E-state index in [0.717, 1.165) is 12.8 Å². The molecule has 0 aromatic heterocycles. The first-order valence-electron chi connectivity index (χ1n) is 7.72. The molecule has 1 aliphatic heterocycles. The lowest BCUT2D eigenvalue weighted by Crippen LogP contribution is -2.70. The monoisotopic (exact) mass is 278 g/mol. The van der Waals surface area contributed by atoms with E-state index in [1.807, 2.05) is 38.7 Å². The first-order valence-corrected chi connectivity index (χ1v) is 7.72. The van der Waals surface area contributed by atoms with Crippen molar-refractivity contribution in [1.82, 2.24) is 10.2 Å². The largest absolute Gasteiger partial charge is 0.342 e. The number of piperazine rings is 1. The van der Waals surface area contributed by atoms with E-state index in [0.29, 0.717) is 25.3 Å². The summed E-state index contributed by atoms with van der Waals surface area (Å²) in [6, 6.07) is -0.292. The number of allylic oxidation sites excluding steroid dienone is 1. The van der Waals surface area contributed by atoms with Crippen LogP contribution in [0.15, 0.2) is 11.6 Å². The zero-order valence-corrected chi connectivity index (χ0v) is 13.0. The minimum atomic E-state index is -0.672. The van der Waals surface area contributed by atoms with Crippen LogP contribution in [0.3, 0.4) is 0 Å². The molecule has 4 heteroatoms. The fourth-order valence-electron chi connectivity index (χ4n) is 3.08. The second-order valence-corrected chi connectivity index (χ2v) is 6.26. The van der Waals surface area contributed by atoms with Crippen molar-refractivity contribution in [3.05, 3.63) is 11.6 Å². The lowest BCUT2D eigenvalue weighted by molar-refractivity contribution is -0.158. The number of rotatable bonds is 5. The van der Waals surface area contributed by atoms with E-state index in [4.69, 9.17) is 0 Å². The average molecular weight is 278 g/mol. The molecule has 112 valence electrons. The second kappa shape index (κ2) is 5.58. The maximum absolute atomic E-state index is 12.8. The molecular weight excluding hydrogens is 252 g/mol. The topological polar surface area (TPSA) is 49.4 Å². The lowest BCUT2D eigenvalue weighted by atomic mass is 9.85. The van der Waals surface area contributed by atoms with E-state index in [1.165, 1.54) is 5.57 Å². The minimum absolute atomic E-state index is 0.0288. The predicted octanol–water partition coefficient (Wildman–Crippen LogP) is 2.25. The fourth-order valence-corrected chi connectivity index (χ4v) is 3.08. The highest BCUT2D eigenvalue weighted by molar-refractivity contribution is 6.00. The van der Waals surface area contributed by atoms with Gasteiger partial charge in [0.25, 0.3) is 0 Å². The maximum Gasteiger partial charge on any atom is 0.246 e. The van der Waals surface area contributed by atoms with E-state index < -0.39 is 5.54 Å². The van der Waals surface area contributed by atoms with Gasteiger partial charge in [0.1, 0.15) is 11.6 Å². The molecule has 2 aliphatic rings. The second-order valence-electron chi connectivity index (χ2n) is 6.26. The molecule has 1 saturated heterocycles. The number of nitrogens with zero attached hydrogens (tertiary/aromatic N) is 1. The van der Waals surface area contributed by atoms with Gasteiger partial charge in [0.05, 0.1) is 0 Å². The number of amides is 2. The molecule has 20 heavy (non-hydrogen) atoms. The number of carbonyl (C=O) groups is 2. The summed E-state index contributed by atoms with van der Waals surface area (Å²) < 4.78 is 0. The van der Waals surface area contributed by atoms with Gasteiger partial charge in [0.2, 0.25) is 11.8 Å². The number of hydrogen-bond donors (Lipinski definition) is 1. The van der Waals surface area contributed by atoms with Crippen LogP contribution in [0.4, 0.5) is 0 Å². The van der Waals surface area contributed by atoms with Crippen molar-refractivity contribution in [2.45, 2.75) is 65.0 Å². The van der Waals surface area contributed by atoms with Gasteiger partial charge in [0.15, 0.2) is 0 Å². The first kappa shape index (κ1) is 15.1. The van der Waals surface area contributed by atoms with Crippen LogP contribution >= 0.6 is 0 Å².